The first-order valence-corrected chi connectivity index (χ1v) is 12.5. The Balaban J connectivity index is 1.61. The molecule has 0 bridgehead atoms. The molecule has 2 aromatic heterocycles. The van der Waals surface area contributed by atoms with Crippen molar-refractivity contribution in [1.82, 2.24) is 20.3 Å². The van der Waals surface area contributed by atoms with Crippen LogP contribution in [0.3, 0.4) is 0 Å². The van der Waals surface area contributed by atoms with Crippen LogP contribution in [0, 0.1) is 6.92 Å². The van der Waals surface area contributed by atoms with Gasteiger partial charge in [0.05, 0.1) is 11.7 Å². The molecule has 0 unspecified atom stereocenters. The van der Waals surface area contributed by atoms with Crippen LogP contribution in [0.2, 0.25) is 0 Å². The fourth-order valence-corrected chi connectivity index (χ4v) is 4.58. The Morgan fingerprint density at radius 2 is 1.92 bits per heavy atom. The first-order valence-electron chi connectivity index (χ1n) is 12.5. The van der Waals surface area contributed by atoms with Gasteiger partial charge in [-0.25, -0.2) is 9.78 Å². The summed E-state index contributed by atoms with van der Waals surface area (Å²) in [5, 5.41) is 3.72. The van der Waals surface area contributed by atoms with Crippen molar-refractivity contribution >= 4 is 35.4 Å². The SMILES string of the molecule is CNC(=O)c1cccc(N2C(=O)N(c3nccc(-c4ccc(/C(C)=C(\C)ON(C)C=O)cn4)c3C)C[C@@H]2C)c1. The number of hydroxylamine groups is 2. The monoisotopic (exact) mass is 528 g/mol. The number of allylic oxidation sites excluding steroid dienone is 2. The molecule has 1 aliphatic heterocycles. The van der Waals surface area contributed by atoms with Crippen molar-refractivity contribution in [1.29, 1.82) is 0 Å². The Hall–Kier alpha value is -4.73. The molecule has 3 aromatic rings. The Morgan fingerprint density at radius 3 is 2.59 bits per heavy atom. The van der Waals surface area contributed by atoms with Crippen molar-refractivity contribution in [3.63, 3.8) is 0 Å². The molecular formula is C29H32N6O4. The van der Waals surface area contributed by atoms with E-state index in [1.807, 2.05) is 45.0 Å². The predicted octanol–water partition coefficient (Wildman–Crippen LogP) is 4.42. The highest BCUT2D eigenvalue weighted by molar-refractivity contribution is 6.07. The van der Waals surface area contributed by atoms with Crippen molar-refractivity contribution in [2.75, 3.05) is 30.4 Å². The number of anilines is 2. The first kappa shape index (κ1) is 27.3. The lowest BCUT2D eigenvalue weighted by Gasteiger charge is -2.22. The number of hydrogen-bond donors (Lipinski definition) is 1. The Morgan fingerprint density at radius 1 is 1.15 bits per heavy atom. The molecule has 1 N–H and O–H groups in total. The first-order chi connectivity index (χ1) is 18.7. The van der Waals surface area contributed by atoms with Gasteiger partial charge in [0.1, 0.15) is 11.6 Å². The van der Waals surface area contributed by atoms with Crippen LogP contribution in [0.15, 0.2) is 60.6 Å². The van der Waals surface area contributed by atoms with Gasteiger partial charge in [-0.05, 0) is 69.2 Å². The lowest BCUT2D eigenvalue weighted by atomic mass is 10.0. The lowest BCUT2D eigenvalue weighted by Crippen LogP contribution is -2.34. The summed E-state index contributed by atoms with van der Waals surface area (Å²) in [6, 6.07) is 12.4. The molecule has 0 radical (unpaired) electrons. The summed E-state index contributed by atoms with van der Waals surface area (Å²) in [6.45, 7) is 8.04. The second kappa shape index (κ2) is 11.3. The zero-order valence-electron chi connectivity index (χ0n) is 22.9. The molecule has 10 nitrogen and oxygen atoms in total. The van der Waals surface area contributed by atoms with Crippen LogP contribution in [0.4, 0.5) is 16.3 Å². The van der Waals surface area contributed by atoms with E-state index in [9.17, 15) is 14.4 Å². The van der Waals surface area contributed by atoms with Gasteiger partial charge in [0, 0.05) is 55.4 Å². The highest BCUT2D eigenvalue weighted by Crippen LogP contribution is 2.33. The van der Waals surface area contributed by atoms with Crippen LogP contribution >= 0.6 is 0 Å². The molecule has 1 fully saturated rings. The van der Waals surface area contributed by atoms with Crippen LogP contribution in [0.1, 0.15) is 42.3 Å². The van der Waals surface area contributed by atoms with E-state index < -0.39 is 0 Å². The second-order valence-electron chi connectivity index (χ2n) is 9.40. The van der Waals surface area contributed by atoms with Crippen LogP contribution < -0.4 is 15.1 Å². The Labute approximate surface area is 227 Å². The van der Waals surface area contributed by atoms with E-state index in [0.717, 1.165) is 33.0 Å². The van der Waals surface area contributed by atoms with Gasteiger partial charge in [0.25, 0.3) is 5.91 Å². The summed E-state index contributed by atoms with van der Waals surface area (Å²) in [5.41, 5.74) is 5.30. The van der Waals surface area contributed by atoms with Gasteiger partial charge in [-0.15, -0.1) is 0 Å². The summed E-state index contributed by atoms with van der Waals surface area (Å²) >= 11 is 0. The molecule has 202 valence electrons. The van der Waals surface area contributed by atoms with Crippen molar-refractivity contribution in [2.24, 2.45) is 0 Å². The van der Waals surface area contributed by atoms with Crippen molar-refractivity contribution in [2.45, 2.75) is 33.7 Å². The van der Waals surface area contributed by atoms with E-state index in [1.54, 1.807) is 54.4 Å². The Kier molecular flexibility index (Phi) is 7.94. The van der Waals surface area contributed by atoms with Gasteiger partial charge in [0.15, 0.2) is 0 Å². The fraction of sp³-hybridized carbons (Fsp3) is 0.276. The molecule has 0 spiro atoms. The standard InChI is InChI=1S/C29H32N6O4/c1-18-16-34(29(38)35(18)24-9-7-8-22(14-24)28(37)30-5)27-20(3)25(12-13-31-27)26-11-10-23(15-32-26)19(2)21(4)39-33(6)17-36/h7-15,17-18H,16H2,1-6H3,(H,30,37)/b21-19+/t18-/m0/s1. The number of rotatable bonds is 8. The quantitative estimate of drug-likeness (QED) is 0.264. The molecule has 1 aliphatic rings. The highest BCUT2D eigenvalue weighted by Gasteiger charge is 2.38. The topological polar surface area (TPSA) is 108 Å². The number of carbonyl (C=O) groups is 3. The largest absolute Gasteiger partial charge is 0.382 e. The molecule has 10 heteroatoms. The fourth-order valence-electron chi connectivity index (χ4n) is 4.58. The molecular weight excluding hydrogens is 496 g/mol. The zero-order chi connectivity index (χ0) is 28.3. The van der Waals surface area contributed by atoms with Crippen molar-refractivity contribution in [3.05, 3.63) is 77.3 Å². The van der Waals surface area contributed by atoms with Gasteiger partial charge in [0.2, 0.25) is 6.41 Å². The second-order valence-corrected chi connectivity index (χ2v) is 9.40. The number of nitrogens with zero attached hydrogens (tertiary/aromatic N) is 5. The molecule has 1 aromatic carbocycles. The Bertz CT molecular complexity index is 1440. The molecule has 4 rings (SSSR count). The summed E-state index contributed by atoms with van der Waals surface area (Å²) in [7, 11) is 3.11. The predicted molar refractivity (Wildman–Crippen MR) is 150 cm³/mol. The van der Waals surface area contributed by atoms with Crippen molar-refractivity contribution < 1.29 is 19.2 Å². The summed E-state index contributed by atoms with van der Waals surface area (Å²) in [5.74, 6) is 0.949. The minimum atomic E-state index is -0.210. The van der Waals surface area contributed by atoms with Gasteiger partial charge in [-0.3, -0.25) is 24.4 Å². The minimum absolute atomic E-state index is 0.127. The normalized spacial score (nSPS) is 15.6. The maximum absolute atomic E-state index is 13.6. The number of hydrogen-bond acceptors (Lipinski definition) is 6. The highest BCUT2D eigenvalue weighted by atomic mass is 16.7. The smallest absolute Gasteiger partial charge is 0.330 e. The molecule has 0 saturated carbocycles. The number of aromatic nitrogens is 2. The van der Waals surface area contributed by atoms with Gasteiger partial charge < -0.3 is 10.2 Å². The molecule has 4 amide bonds. The number of urea groups is 1. The van der Waals surface area contributed by atoms with Gasteiger partial charge in [-0.2, -0.15) is 5.06 Å². The van der Waals surface area contributed by atoms with Gasteiger partial charge in [-0.1, -0.05) is 12.1 Å². The van der Waals surface area contributed by atoms with Crippen LogP contribution in [-0.2, 0) is 9.63 Å². The minimum Gasteiger partial charge on any atom is -0.382 e. The average Bonchev–Trinajstić information content (AvgIpc) is 3.25. The van der Waals surface area contributed by atoms with E-state index in [4.69, 9.17) is 4.84 Å². The van der Waals surface area contributed by atoms with E-state index >= 15 is 0 Å². The summed E-state index contributed by atoms with van der Waals surface area (Å²) in [6.07, 6.45) is 4.02. The third-order valence-corrected chi connectivity index (χ3v) is 6.80. The third-order valence-electron chi connectivity index (χ3n) is 6.80. The zero-order valence-corrected chi connectivity index (χ0v) is 22.9. The van der Waals surface area contributed by atoms with E-state index in [2.05, 4.69) is 15.3 Å². The summed E-state index contributed by atoms with van der Waals surface area (Å²) < 4.78 is 0. The van der Waals surface area contributed by atoms with Crippen LogP contribution in [0.25, 0.3) is 16.8 Å². The van der Waals surface area contributed by atoms with E-state index in [1.165, 1.54) is 7.05 Å². The molecule has 1 saturated heterocycles. The number of benzene rings is 1. The van der Waals surface area contributed by atoms with E-state index in [-0.39, 0.29) is 18.0 Å². The molecule has 39 heavy (non-hydrogen) atoms. The lowest BCUT2D eigenvalue weighted by molar-refractivity contribution is -0.149. The number of carbonyl (C=O) groups excluding carboxylic acids is 3. The van der Waals surface area contributed by atoms with Crippen molar-refractivity contribution in [3.8, 4) is 11.3 Å². The van der Waals surface area contributed by atoms with Crippen LogP contribution in [0.5, 0.6) is 0 Å². The maximum Gasteiger partial charge on any atom is 0.330 e. The van der Waals surface area contributed by atoms with Gasteiger partial charge >= 0.3 is 6.03 Å². The molecule has 0 aliphatic carbocycles. The molecule has 3 heterocycles. The van der Waals surface area contributed by atoms with Crippen LogP contribution in [-0.4, -0.2) is 60.1 Å². The number of pyridine rings is 2. The number of amides is 4. The van der Waals surface area contributed by atoms with E-state index in [0.29, 0.717) is 35.8 Å². The molecule has 1 atom stereocenters. The average molecular weight is 529 g/mol. The maximum atomic E-state index is 13.6. The third kappa shape index (κ3) is 5.45. The summed E-state index contributed by atoms with van der Waals surface area (Å²) in [4.78, 5) is 54.6. The number of nitrogens with one attached hydrogen (secondary N) is 1.